The van der Waals surface area contributed by atoms with Crippen LogP contribution in [-0.4, -0.2) is 61.8 Å². The quantitative estimate of drug-likeness (QED) is 0.676. The van der Waals surface area contributed by atoms with Crippen molar-refractivity contribution in [2.45, 2.75) is 55.5 Å². The van der Waals surface area contributed by atoms with Gasteiger partial charge in [-0.15, -0.1) is 11.8 Å². The van der Waals surface area contributed by atoms with Gasteiger partial charge in [0.1, 0.15) is 13.2 Å². The van der Waals surface area contributed by atoms with Gasteiger partial charge in [-0.25, -0.2) is 8.42 Å². The minimum Gasteiger partial charge on any atom is -0.486 e. The Kier molecular flexibility index (Phi) is 6.06. The summed E-state index contributed by atoms with van der Waals surface area (Å²) in [4.78, 5) is 16.0. The van der Waals surface area contributed by atoms with Gasteiger partial charge in [0.05, 0.1) is 17.3 Å². The Morgan fingerprint density at radius 2 is 1.79 bits per heavy atom. The maximum absolute atomic E-state index is 13.2. The van der Waals surface area contributed by atoms with Crippen LogP contribution in [0.25, 0.3) is 0 Å². The van der Waals surface area contributed by atoms with Gasteiger partial charge in [0.2, 0.25) is 5.91 Å². The van der Waals surface area contributed by atoms with Crippen molar-refractivity contribution >= 4 is 27.5 Å². The molecule has 1 aliphatic carbocycles. The van der Waals surface area contributed by atoms with E-state index in [0.717, 1.165) is 42.1 Å². The number of rotatable bonds is 5. The number of hydrogen-bond acceptors (Lipinski definition) is 6. The first-order valence-electron chi connectivity index (χ1n) is 10.1. The van der Waals surface area contributed by atoms with Gasteiger partial charge in [-0.2, -0.15) is 0 Å². The maximum Gasteiger partial charge on any atom is 0.233 e. The summed E-state index contributed by atoms with van der Waals surface area (Å²) in [5.41, 5.74) is 0. The largest absolute Gasteiger partial charge is 0.486 e. The highest BCUT2D eigenvalue weighted by Crippen LogP contribution is 2.35. The molecule has 2 aliphatic heterocycles. The third-order valence-electron chi connectivity index (χ3n) is 5.73. The Morgan fingerprint density at radius 1 is 1.04 bits per heavy atom. The topological polar surface area (TPSA) is 72.9 Å². The number of hydrogen-bond donors (Lipinski definition) is 0. The zero-order valence-corrected chi connectivity index (χ0v) is 17.6. The lowest BCUT2D eigenvalue weighted by Crippen LogP contribution is -2.49. The van der Waals surface area contributed by atoms with Crippen LogP contribution < -0.4 is 9.47 Å². The number of nitrogens with zero attached hydrogens (tertiary/aromatic N) is 1. The van der Waals surface area contributed by atoms with E-state index in [1.165, 1.54) is 18.2 Å². The summed E-state index contributed by atoms with van der Waals surface area (Å²) in [5, 5.41) is 0. The van der Waals surface area contributed by atoms with Gasteiger partial charge in [-0.3, -0.25) is 4.79 Å². The number of sulfone groups is 1. The number of fused-ring (bicyclic) bond motifs is 1. The predicted molar refractivity (Wildman–Crippen MR) is 109 cm³/mol. The van der Waals surface area contributed by atoms with Gasteiger partial charge >= 0.3 is 0 Å². The average Bonchev–Trinajstić information content (AvgIpc) is 3.06. The summed E-state index contributed by atoms with van der Waals surface area (Å²) >= 11 is 1.48. The lowest BCUT2D eigenvalue weighted by Gasteiger charge is -2.38. The van der Waals surface area contributed by atoms with Crippen LogP contribution in [0.1, 0.15) is 38.5 Å². The second-order valence-corrected chi connectivity index (χ2v) is 11.0. The van der Waals surface area contributed by atoms with Crippen LogP contribution in [0.3, 0.4) is 0 Å². The summed E-state index contributed by atoms with van der Waals surface area (Å²) < 4.78 is 35.2. The SMILES string of the molecule is O=C(CSc1ccc2c(c1)OCCO2)N(C1CCCCC1)C1CCS(=O)(=O)C1. The fraction of sp³-hybridized carbons (Fsp3) is 0.650. The van der Waals surface area contributed by atoms with Crippen molar-refractivity contribution in [2.75, 3.05) is 30.5 Å². The maximum atomic E-state index is 13.2. The molecule has 1 unspecified atom stereocenters. The van der Waals surface area contributed by atoms with Crippen LogP contribution >= 0.6 is 11.8 Å². The van der Waals surface area contributed by atoms with Crippen LogP contribution in [0, 0.1) is 0 Å². The number of thioether (sulfide) groups is 1. The molecular weight excluding hydrogens is 398 g/mol. The molecule has 0 bridgehead atoms. The van der Waals surface area contributed by atoms with Gasteiger partial charge < -0.3 is 14.4 Å². The van der Waals surface area contributed by atoms with Crippen molar-refractivity contribution < 1.29 is 22.7 Å². The molecule has 1 saturated heterocycles. The highest BCUT2D eigenvalue weighted by molar-refractivity contribution is 8.00. The molecule has 4 rings (SSSR count). The summed E-state index contributed by atoms with van der Waals surface area (Å²) in [5.74, 6) is 2.13. The van der Waals surface area contributed by atoms with E-state index < -0.39 is 9.84 Å². The molecule has 0 N–H and O–H groups in total. The second kappa shape index (κ2) is 8.53. The van der Waals surface area contributed by atoms with Crippen molar-refractivity contribution in [2.24, 2.45) is 0 Å². The molecule has 0 aromatic heterocycles. The fourth-order valence-corrected chi connectivity index (χ4v) is 6.90. The number of carbonyl (C=O) groups is 1. The molecule has 2 heterocycles. The van der Waals surface area contributed by atoms with Crippen LogP contribution in [0.15, 0.2) is 23.1 Å². The highest BCUT2D eigenvalue weighted by atomic mass is 32.2. The Hall–Kier alpha value is -1.41. The van der Waals surface area contributed by atoms with Crippen LogP contribution in [0.4, 0.5) is 0 Å². The van der Waals surface area contributed by atoms with E-state index in [9.17, 15) is 13.2 Å². The van der Waals surface area contributed by atoms with Crippen LogP contribution in [0.2, 0.25) is 0 Å². The summed E-state index contributed by atoms with van der Waals surface area (Å²) in [7, 11) is -3.02. The van der Waals surface area contributed by atoms with E-state index in [0.29, 0.717) is 25.4 Å². The predicted octanol–water partition coefficient (Wildman–Crippen LogP) is 2.90. The molecule has 1 amide bonds. The smallest absolute Gasteiger partial charge is 0.233 e. The molecule has 3 aliphatic rings. The molecule has 1 saturated carbocycles. The van der Waals surface area contributed by atoms with Crippen molar-refractivity contribution in [1.29, 1.82) is 0 Å². The van der Waals surface area contributed by atoms with E-state index >= 15 is 0 Å². The number of benzene rings is 1. The minimum absolute atomic E-state index is 0.0499. The molecule has 8 heteroatoms. The Labute approximate surface area is 170 Å². The van der Waals surface area contributed by atoms with Crippen molar-refractivity contribution in [3.63, 3.8) is 0 Å². The highest BCUT2D eigenvalue weighted by Gasteiger charge is 2.38. The van der Waals surface area contributed by atoms with Gasteiger partial charge in [-0.05, 0) is 37.5 Å². The van der Waals surface area contributed by atoms with E-state index in [1.807, 2.05) is 23.1 Å². The molecule has 154 valence electrons. The minimum atomic E-state index is -3.02. The third kappa shape index (κ3) is 4.59. The molecule has 6 nitrogen and oxygen atoms in total. The van der Waals surface area contributed by atoms with Gasteiger partial charge in [0, 0.05) is 17.0 Å². The lowest BCUT2D eigenvalue weighted by atomic mass is 9.93. The number of carbonyl (C=O) groups excluding carboxylic acids is 1. The van der Waals surface area contributed by atoms with E-state index in [-0.39, 0.29) is 29.5 Å². The number of amides is 1. The molecule has 2 fully saturated rings. The molecule has 0 spiro atoms. The summed E-state index contributed by atoms with van der Waals surface area (Å²) in [6, 6.07) is 5.75. The van der Waals surface area contributed by atoms with Crippen molar-refractivity contribution in [1.82, 2.24) is 4.90 Å². The first-order chi connectivity index (χ1) is 13.5. The standard InChI is InChI=1S/C20H27NO5S2/c22-20(13-27-17-6-7-18-19(12-17)26-10-9-25-18)21(15-4-2-1-3-5-15)16-8-11-28(23,24)14-16/h6-7,12,15-16H,1-5,8-11,13-14H2. The Balaban J connectivity index is 1.44. The molecule has 1 atom stereocenters. The first-order valence-corrected chi connectivity index (χ1v) is 12.9. The number of ether oxygens (including phenoxy) is 2. The van der Waals surface area contributed by atoms with Crippen LogP contribution in [-0.2, 0) is 14.6 Å². The summed E-state index contributed by atoms with van der Waals surface area (Å²) in [6.07, 6.45) is 5.97. The van der Waals surface area contributed by atoms with Gasteiger partial charge in [0.15, 0.2) is 21.3 Å². The molecular formula is C20H27NO5S2. The molecule has 1 aromatic carbocycles. The lowest BCUT2D eigenvalue weighted by molar-refractivity contribution is -0.133. The average molecular weight is 426 g/mol. The second-order valence-electron chi connectivity index (χ2n) is 7.74. The molecule has 28 heavy (non-hydrogen) atoms. The van der Waals surface area contributed by atoms with E-state index in [4.69, 9.17) is 9.47 Å². The summed E-state index contributed by atoms with van der Waals surface area (Å²) in [6.45, 7) is 1.09. The van der Waals surface area contributed by atoms with Gasteiger partial charge in [-0.1, -0.05) is 19.3 Å². The first kappa shape index (κ1) is 19.9. The zero-order valence-electron chi connectivity index (χ0n) is 16.0. The van der Waals surface area contributed by atoms with E-state index in [1.54, 1.807) is 0 Å². The third-order valence-corrected chi connectivity index (χ3v) is 8.46. The van der Waals surface area contributed by atoms with Crippen LogP contribution in [0.5, 0.6) is 11.5 Å². The molecule has 0 radical (unpaired) electrons. The van der Waals surface area contributed by atoms with Crippen molar-refractivity contribution in [3.05, 3.63) is 18.2 Å². The zero-order chi connectivity index (χ0) is 19.6. The normalized spacial score (nSPS) is 24.1. The Morgan fingerprint density at radius 3 is 2.50 bits per heavy atom. The van der Waals surface area contributed by atoms with E-state index in [2.05, 4.69) is 0 Å². The van der Waals surface area contributed by atoms with Crippen molar-refractivity contribution in [3.8, 4) is 11.5 Å². The Bertz CT molecular complexity index is 820. The monoisotopic (exact) mass is 425 g/mol. The molecule has 1 aromatic rings. The van der Waals surface area contributed by atoms with Gasteiger partial charge in [0.25, 0.3) is 0 Å². The fourth-order valence-electron chi connectivity index (χ4n) is 4.39.